The fourth-order valence-electron chi connectivity index (χ4n) is 4.17. The SMILES string of the molecule is COc1ccc(NC2CCC3CCCCC3C2)cc1OC. The van der Waals surface area contributed by atoms with Crippen LogP contribution in [0.1, 0.15) is 44.9 Å². The maximum atomic E-state index is 5.39. The summed E-state index contributed by atoms with van der Waals surface area (Å²) in [6.45, 7) is 0. The van der Waals surface area contributed by atoms with Crippen molar-refractivity contribution in [3.63, 3.8) is 0 Å². The molecule has 0 saturated heterocycles. The Hall–Kier alpha value is -1.38. The van der Waals surface area contributed by atoms with Crippen LogP contribution in [0.15, 0.2) is 18.2 Å². The summed E-state index contributed by atoms with van der Waals surface area (Å²) in [4.78, 5) is 0. The van der Waals surface area contributed by atoms with Crippen molar-refractivity contribution in [2.24, 2.45) is 11.8 Å². The molecule has 2 aliphatic rings. The summed E-state index contributed by atoms with van der Waals surface area (Å²) < 4.78 is 10.7. The first kappa shape index (κ1) is 14.6. The smallest absolute Gasteiger partial charge is 0.162 e. The van der Waals surface area contributed by atoms with Crippen molar-refractivity contribution in [1.82, 2.24) is 0 Å². The Bertz CT molecular complexity index is 474. The quantitative estimate of drug-likeness (QED) is 0.886. The minimum absolute atomic E-state index is 0.613. The summed E-state index contributed by atoms with van der Waals surface area (Å²) in [5.41, 5.74) is 1.15. The number of benzene rings is 1. The first-order valence-corrected chi connectivity index (χ1v) is 8.28. The predicted octanol–water partition coefficient (Wildman–Crippen LogP) is 4.47. The molecule has 2 saturated carbocycles. The highest BCUT2D eigenvalue weighted by molar-refractivity contribution is 5.55. The maximum Gasteiger partial charge on any atom is 0.162 e. The molecule has 0 radical (unpaired) electrons. The third kappa shape index (κ3) is 3.28. The van der Waals surface area contributed by atoms with Crippen molar-refractivity contribution in [3.8, 4) is 11.5 Å². The molecule has 1 N–H and O–H groups in total. The first-order chi connectivity index (χ1) is 10.3. The molecule has 0 amide bonds. The Labute approximate surface area is 128 Å². The molecule has 3 rings (SSSR count). The Balaban J connectivity index is 1.64. The molecular weight excluding hydrogens is 262 g/mol. The van der Waals surface area contributed by atoms with E-state index in [4.69, 9.17) is 9.47 Å². The van der Waals surface area contributed by atoms with Gasteiger partial charge in [0.1, 0.15) is 0 Å². The van der Waals surface area contributed by atoms with Gasteiger partial charge < -0.3 is 14.8 Å². The molecule has 0 aliphatic heterocycles. The minimum atomic E-state index is 0.613. The molecule has 1 aromatic carbocycles. The van der Waals surface area contributed by atoms with E-state index in [1.54, 1.807) is 14.2 Å². The second-order valence-electron chi connectivity index (χ2n) is 6.53. The van der Waals surface area contributed by atoms with Crippen LogP contribution in [0.4, 0.5) is 5.69 Å². The number of methoxy groups -OCH3 is 2. The van der Waals surface area contributed by atoms with Crippen LogP contribution in [-0.4, -0.2) is 20.3 Å². The van der Waals surface area contributed by atoms with Gasteiger partial charge in [-0.3, -0.25) is 0 Å². The highest BCUT2D eigenvalue weighted by Gasteiger charge is 2.32. The van der Waals surface area contributed by atoms with Crippen molar-refractivity contribution in [1.29, 1.82) is 0 Å². The number of ether oxygens (including phenoxy) is 2. The normalized spacial score (nSPS) is 28.6. The summed E-state index contributed by atoms with van der Waals surface area (Å²) in [5, 5.41) is 3.70. The molecule has 0 bridgehead atoms. The van der Waals surface area contributed by atoms with Crippen molar-refractivity contribution in [3.05, 3.63) is 18.2 Å². The Morgan fingerprint density at radius 1 is 0.905 bits per heavy atom. The van der Waals surface area contributed by atoms with E-state index in [1.807, 2.05) is 12.1 Å². The third-order valence-electron chi connectivity index (χ3n) is 5.29. The topological polar surface area (TPSA) is 30.5 Å². The number of fused-ring (bicyclic) bond motifs is 1. The van der Waals surface area contributed by atoms with E-state index in [2.05, 4.69) is 11.4 Å². The van der Waals surface area contributed by atoms with Crippen LogP contribution in [0, 0.1) is 11.8 Å². The summed E-state index contributed by atoms with van der Waals surface area (Å²) >= 11 is 0. The van der Waals surface area contributed by atoms with Crippen molar-refractivity contribution in [2.45, 2.75) is 51.0 Å². The molecule has 2 aliphatic carbocycles. The fraction of sp³-hybridized carbons (Fsp3) is 0.667. The number of hydrogen-bond donors (Lipinski definition) is 1. The lowest BCUT2D eigenvalue weighted by atomic mass is 9.69. The Kier molecular flexibility index (Phi) is 4.57. The van der Waals surface area contributed by atoms with Gasteiger partial charge in [-0.25, -0.2) is 0 Å². The fourth-order valence-corrected chi connectivity index (χ4v) is 4.17. The number of anilines is 1. The van der Waals surface area contributed by atoms with E-state index in [0.717, 1.165) is 29.0 Å². The summed E-state index contributed by atoms with van der Waals surface area (Å²) in [6.07, 6.45) is 9.83. The van der Waals surface area contributed by atoms with E-state index in [1.165, 1.54) is 44.9 Å². The van der Waals surface area contributed by atoms with Gasteiger partial charge in [0, 0.05) is 17.8 Å². The molecule has 0 aromatic heterocycles. The van der Waals surface area contributed by atoms with Crippen molar-refractivity contribution < 1.29 is 9.47 Å². The lowest BCUT2D eigenvalue weighted by molar-refractivity contribution is 0.162. The van der Waals surface area contributed by atoms with Crippen molar-refractivity contribution >= 4 is 5.69 Å². The number of nitrogens with one attached hydrogen (secondary N) is 1. The average molecular weight is 289 g/mol. The summed E-state index contributed by atoms with van der Waals surface area (Å²) in [5.74, 6) is 3.54. The van der Waals surface area contributed by atoms with E-state index in [0.29, 0.717) is 6.04 Å². The summed E-state index contributed by atoms with van der Waals surface area (Å²) in [6, 6.07) is 6.73. The van der Waals surface area contributed by atoms with Crippen LogP contribution < -0.4 is 14.8 Å². The second kappa shape index (κ2) is 6.59. The molecule has 3 unspecified atom stereocenters. The zero-order valence-electron chi connectivity index (χ0n) is 13.2. The maximum absolute atomic E-state index is 5.39. The monoisotopic (exact) mass is 289 g/mol. The largest absolute Gasteiger partial charge is 0.493 e. The molecule has 3 nitrogen and oxygen atoms in total. The molecule has 21 heavy (non-hydrogen) atoms. The first-order valence-electron chi connectivity index (χ1n) is 8.28. The standard InChI is InChI=1S/C18H27NO2/c1-20-17-10-9-16(12-18(17)21-2)19-15-8-7-13-5-3-4-6-14(13)11-15/h9-10,12-15,19H,3-8,11H2,1-2H3. The summed E-state index contributed by atoms with van der Waals surface area (Å²) in [7, 11) is 3.37. The van der Waals surface area contributed by atoms with E-state index in [-0.39, 0.29) is 0 Å². The van der Waals surface area contributed by atoms with Crippen LogP contribution in [0.25, 0.3) is 0 Å². The van der Waals surface area contributed by atoms with Crippen LogP contribution in [0.3, 0.4) is 0 Å². The van der Waals surface area contributed by atoms with Gasteiger partial charge in [0.2, 0.25) is 0 Å². The van der Waals surface area contributed by atoms with Gasteiger partial charge in [-0.1, -0.05) is 25.7 Å². The molecule has 3 atom stereocenters. The van der Waals surface area contributed by atoms with Crippen LogP contribution in [0.5, 0.6) is 11.5 Å². The van der Waals surface area contributed by atoms with Gasteiger partial charge in [0.15, 0.2) is 11.5 Å². The van der Waals surface area contributed by atoms with Gasteiger partial charge >= 0.3 is 0 Å². The van der Waals surface area contributed by atoms with Crippen LogP contribution in [0.2, 0.25) is 0 Å². The van der Waals surface area contributed by atoms with Crippen molar-refractivity contribution in [2.75, 3.05) is 19.5 Å². The van der Waals surface area contributed by atoms with E-state index >= 15 is 0 Å². The Morgan fingerprint density at radius 3 is 2.43 bits per heavy atom. The lowest BCUT2D eigenvalue weighted by Crippen LogP contribution is -2.34. The van der Waals surface area contributed by atoms with E-state index < -0.39 is 0 Å². The van der Waals surface area contributed by atoms with E-state index in [9.17, 15) is 0 Å². The van der Waals surface area contributed by atoms with Gasteiger partial charge in [0.05, 0.1) is 14.2 Å². The number of rotatable bonds is 4. The third-order valence-corrected chi connectivity index (χ3v) is 5.29. The minimum Gasteiger partial charge on any atom is -0.493 e. The average Bonchev–Trinajstić information content (AvgIpc) is 2.54. The highest BCUT2D eigenvalue weighted by Crippen LogP contribution is 2.41. The van der Waals surface area contributed by atoms with Gasteiger partial charge in [0.25, 0.3) is 0 Å². The molecular formula is C18H27NO2. The molecule has 116 valence electrons. The van der Waals surface area contributed by atoms with Gasteiger partial charge in [-0.2, -0.15) is 0 Å². The zero-order valence-corrected chi connectivity index (χ0v) is 13.2. The molecule has 3 heteroatoms. The Morgan fingerprint density at radius 2 is 1.67 bits per heavy atom. The van der Waals surface area contributed by atoms with Gasteiger partial charge in [-0.15, -0.1) is 0 Å². The van der Waals surface area contributed by atoms with Gasteiger partial charge in [-0.05, 0) is 43.2 Å². The zero-order chi connectivity index (χ0) is 14.7. The highest BCUT2D eigenvalue weighted by atomic mass is 16.5. The molecule has 0 heterocycles. The van der Waals surface area contributed by atoms with Crippen LogP contribution >= 0.6 is 0 Å². The number of hydrogen-bond acceptors (Lipinski definition) is 3. The molecule has 0 spiro atoms. The second-order valence-corrected chi connectivity index (χ2v) is 6.53. The molecule has 1 aromatic rings. The molecule has 2 fully saturated rings. The van der Waals surface area contributed by atoms with Crippen LogP contribution in [-0.2, 0) is 0 Å². The predicted molar refractivity (Wildman–Crippen MR) is 86.3 cm³/mol. The lowest BCUT2D eigenvalue weighted by Gasteiger charge is -2.39.